The van der Waals surface area contributed by atoms with Gasteiger partial charge in [0.15, 0.2) is 0 Å². The van der Waals surface area contributed by atoms with E-state index in [1.165, 1.54) is 12.8 Å². The van der Waals surface area contributed by atoms with E-state index in [-0.39, 0.29) is 5.41 Å². The van der Waals surface area contributed by atoms with E-state index in [0.29, 0.717) is 17.5 Å². The Morgan fingerprint density at radius 2 is 2.00 bits per heavy atom. The predicted molar refractivity (Wildman–Crippen MR) is 84.6 cm³/mol. The summed E-state index contributed by atoms with van der Waals surface area (Å²) in [7, 11) is -3.43. The lowest BCUT2D eigenvalue weighted by Gasteiger charge is -2.18. The van der Waals surface area contributed by atoms with Crippen molar-refractivity contribution in [2.45, 2.75) is 64.6 Å². The van der Waals surface area contributed by atoms with Crippen LogP contribution in [0.25, 0.3) is 0 Å². The van der Waals surface area contributed by atoms with Crippen molar-refractivity contribution < 1.29 is 8.42 Å². The minimum atomic E-state index is -3.43. The second-order valence-electron chi connectivity index (χ2n) is 6.99. The van der Waals surface area contributed by atoms with Crippen LogP contribution in [0.3, 0.4) is 0 Å². The van der Waals surface area contributed by atoms with Gasteiger partial charge in [-0.1, -0.05) is 20.8 Å². The maximum absolute atomic E-state index is 12.4. The monoisotopic (exact) mass is 313 g/mol. The quantitative estimate of drug-likeness (QED) is 0.810. The standard InChI is InChI=1S/C15H27N3O2S/c1-5-18-10-14(8-13(18)9-16-12-6-7-12)21(19,20)17-11-15(2,3)4/h8,10,12,16-17H,5-7,9,11H2,1-4H3. The molecule has 0 atom stereocenters. The number of aryl methyl sites for hydroxylation is 1. The fraction of sp³-hybridized carbons (Fsp3) is 0.733. The number of aromatic nitrogens is 1. The van der Waals surface area contributed by atoms with Crippen molar-refractivity contribution in [3.05, 3.63) is 18.0 Å². The largest absolute Gasteiger partial charge is 0.349 e. The predicted octanol–water partition coefficient (Wildman–Crippen LogP) is 2.08. The molecule has 0 aromatic carbocycles. The number of sulfonamides is 1. The third-order valence-electron chi connectivity index (χ3n) is 3.55. The van der Waals surface area contributed by atoms with Crippen LogP contribution in [0.2, 0.25) is 0 Å². The van der Waals surface area contributed by atoms with E-state index >= 15 is 0 Å². The van der Waals surface area contributed by atoms with E-state index in [9.17, 15) is 8.42 Å². The molecule has 6 heteroatoms. The highest BCUT2D eigenvalue weighted by Gasteiger charge is 2.23. The van der Waals surface area contributed by atoms with Crippen LogP contribution in [0.15, 0.2) is 17.2 Å². The molecule has 0 spiro atoms. The third-order valence-corrected chi connectivity index (χ3v) is 4.92. The van der Waals surface area contributed by atoms with Crippen LogP contribution in [-0.4, -0.2) is 25.6 Å². The molecule has 1 heterocycles. The first-order valence-corrected chi connectivity index (χ1v) is 9.12. The van der Waals surface area contributed by atoms with Gasteiger partial charge in [-0.05, 0) is 31.2 Å². The van der Waals surface area contributed by atoms with E-state index < -0.39 is 10.0 Å². The first-order valence-electron chi connectivity index (χ1n) is 7.63. The summed E-state index contributed by atoms with van der Waals surface area (Å²) in [5.41, 5.74) is 0.956. The zero-order chi connectivity index (χ0) is 15.7. The average molecular weight is 313 g/mol. The smallest absolute Gasteiger partial charge is 0.242 e. The van der Waals surface area contributed by atoms with Crippen molar-refractivity contribution in [1.29, 1.82) is 0 Å². The van der Waals surface area contributed by atoms with Crippen LogP contribution < -0.4 is 10.0 Å². The van der Waals surface area contributed by atoms with Gasteiger partial charge in [0.05, 0.1) is 4.90 Å². The summed E-state index contributed by atoms with van der Waals surface area (Å²) in [6.07, 6.45) is 4.19. The van der Waals surface area contributed by atoms with Crippen molar-refractivity contribution in [3.63, 3.8) is 0 Å². The van der Waals surface area contributed by atoms with Crippen LogP contribution in [0.5, 0.6) is 0 Å². The summed E-state index contributed by atoms with van der Waals surface area (Å²) in [5.74, 6) is 0. The van der Waals surface area contributed by atoms with E-state index in [1.807, 2.05) is 32.3 Å². The Morgan fingerprint density at radius 1 is 1.33 bits per heavy atom. The van der Waals surface area contributed by atoms with E-state index in [1.54, 1.807) is 12.3 Å². The average Bonchev–Trinajstić information content (AvgIpc) is 3.11. The maximum Gasteiger partial charge on any atom is 0.242 e. The molecule has 1 saturated carbocycles. The van der Waals surface area contributed by atoms with Gasteiger partial charge in [-0.15, -0.1) is 0 Å². The van der Waals surface area contributed by atoms with Gasteiger partial charge in [0.25, 0.3) is 0 Å². The molecule has 1 aromatic heterocycles. The van der Waals surface area contributed by atoms with Gasteiger partial charge in [-0.3, -0.25) is 0 Å². The molecule has 21 heavy (non-hydrogen) atoms. The topological polar surface area (TPSA) is 63.1 Å². The summed E-state index contributed by atoms with van der Waals surface area (Å²) in [5, 5.41) is 3.43. The van der Waals surface area contributed by atoms with Crippen molar-refractivity contribution in [3.8, 4) is 0 Å². The van der Waals surface area contributed by atoms with Gasteiger partial charge in [-0.25, -0.2) is 13.1 Å². The summed E-state index contributed by atoms with van der Waals surface area (Å²) in [6, 6.07) is 2.40. The normalized spacial score (nSPS) is 16.4. The molecular weight excluding hydrogens is 286 g/mol. The lowest BCUT2D eigenvalue weighted by molar-refractivity contribution is 0.407. The molecule has 1 fully saturated rings. The van der Waals surface area contributed by atoms with Gasteiger partial charge in [-0.2, -0.15) is 0 Å². The van der Waals surface area contributed by atoms with Crippen molar-refractivity contribution in [2.75, 3.05) is 6.54 Å². The molecule has 1 aliphatic rings. The van der Waals surface area contributed by atoms with Crippen molar-refractivity contribution in [2.24, 2.45) is 5.41 Å². The molecule has 0 bridgehead atoms. The molecule has 0 radical (unpaired) electrons. The highest BCUT2D eigenvalue weighted by molar-refractivity contribution is 7.89. The van der Waals surface area contributed by atoms with E-state index in [4.69, 9.17) is 0 Å². The Kier molecular flexibility index (Phi) is 4.80. The molecule has 0 saturated heterocycles. The lowest BCUT2D eigenvalue weighted by Crippen LogP contribution is -2.32. The van der Waals surface area contributed by atoms with Crippen LogP contribution in [0.4, 0.5) is 0 Å². The zero-order valence-electron chi connectivity index (χ0n) is 13.4. The molecular formula is C15H27N3O2S. The summed E-state index contributed by atoms with van der Waals surface area (Å²) >= 11 is 0. The zero-order valence-corrected chi connectivity index (χ0v) is 14.3. The maximum atomic E-state index is 12.4. The van der Waals surface area contributed by atoms with Crippen LogP contribution in [0, 0.1) is 5.41 Å². The molecule has 1 aliphatic carbocycles. The summed E-state index contributed by atoms with van der Waals surface area (Å²) in [6.45, 7) is 10.00. The molecule has 0 unspecified atom stereocenters. The van der Waals surface area contributed by atoms with E-state index in [2.05, 4.69) is 10.0 Å². The SMILES string of the molecule is CCn1cc(S(=O)(=O)NCC(C)(C)C)cc1CNC1CC1. The molecule has 0 aliphatic heterocycles. The van der Waals surface area contributed by atoms with E-state index in [0.717, 1.165) is 18.8 Å². The minimum Gasteiger partial charge on any atom is -0.349 e. The van der Waals surface area contributed by atoms with Gasteiger partial charge in [0.2, 0.25) is 10.0 Å². The van der Waals surface area contributed by atoms with Gasteiger partial charge in [0.1, 0.15) is 0 Å². The summed E-state index contributed by atoms with van der Waals surface area (Å²) < 4.78 is 29.4. The first-order chi connectivity index (χ1) is 9.71. The molecule has 1 aromatic rings. The Labute approximate surface area is 128 Å². The van der Waals surface area contributed by atoms with Gasteiger partial charge in [0, 0.05) is 37.6 Å². The van der Waals surface area contributed by atoms with Crippen LogP contribution in [-0.2, 0) is 23.1 Å². The molecule has 5 nitrogen and oxygen atoms in total. The number of hydrogen-bond donors (Lipinski definition) is 2. The Morgan fingerprint density at radius 3 is 2.52 bits per heavy atom. The molecule has 120 valence electrons. The Hall–Kier alpha value is -0.850. The fourth-order valence-corrected chi connectivity index (χ4v) is 3.39. The van der Waals surface area contributed by atoms with Crippen LogP contribution >= 0.6 is 0 Å². The minimum absolute atomic E-state index is 0.0727. The second-order valence-corrected chi connectivity index (χ2v) is 8.76. The van der Waals surface area contributed by atoms with Gasteiger partial charge < -0.3 is 9.88 Å². The fourth-order valence-electron chi connectivity index (χ4n) is 2.05. The van der Waals surface area contributed by atoms with Crippen molar-refractivity contribution >= 4 is 10.0 Å². The Balaban J connectivity index is 2.10. The van der Waals surface area contributed by atoms with Crippen molar-refractivity contribution in [1.82, 2.24) is 14.6 Å². The number of nitrogens with zero attached hydrogens (tertiary/aromatic N) is 1. The highest BCUT2D eigenvalue weighted by atomic mass is 32.2. The molecule has 0 amide bonds. The molecule has 2 rings (SSSR count). The van der Waals surface area contributed by atoms with Crippen LogP contribution in [0.1, 0.15) is 46.2 Å². The first kappa shape index (κ1) is 16.5. The van der Waals surface area contributed by atoms with Gasteiger partial charge >= 0.3 is 0 Å². The third kappa shape index (κ3) is 4.83. The number of hydrogen-bond acceptors (Lipinski definition) is 3. The Bertz CT molecular complexity index is 581. The number of nitrogens with one attached hydrogen (secondary N) is 2. The lowest BCUT2D eigenvalue weighted by atomic mass is 9.98. The number of rotatable bonds is 7. The summed E-state index contributed by atoms with van der Waals surface area (Å²) in [4.78, 5) is 0.362. The molecule has 2 N–H and O–H groups in total. The highest BCUT2D eigenvalue weighted by Crippen LogP contribution is 2.21. The second kappa shape index (κ2) is 6.10.